The number of hydrogen-bond donors (Lipinski definition) is 2. The topological polar surface area (TPSA) is 40.5 Å². The summed E-state index contributed by atoms with van der Waals surface area (Å²) in [5, 5.41) is 14.2. The Balaban J connectivity index is 0. The molecule has 0 amide bonds. The van der Waals surface area contributed by atoms with E-state index in [-0.39, 0.29) is 17.0 Å². The molecule has 0 aliphatic heterocycles. The molecule has 0 radical (unpaired) electrons. The number of hydrogen-bond acceptors (Lipinski definition) is 2. The van der Waals surface area contributed by atoms with Gasteiger partial charge in [-0.25, -0.2) is 0 Å². The van der Waals surface area contributed by atoms with Crippen LogP contribution in [-0.2, 0) is 0 Å². The molecule has 4 heavy (non-hydrogen) atoms. The van der Waals surface area contributed by atoms with Gasteiger partial charge in [0, 0.05) is 0 Å². The van der Waals surface area contributed by atoms with E-state index in [0.717, 1.165) is 0 Å². The minimum absolute atomic E-state index is 0. The maximum absolute atomic E-state index is 7.12. The molecule has 2 N–H and O–H groups in total. The summed E-state index contributed by atoms with van der Waals surface area (Å²) in [6.07, 6.45) is 0. The summed E-state index contributed by atoms with van der Waals surface area (Å²) in [6.45, 7) is 0. The summed E-state index contributed by atoms with van der Waals surface area (Å²) in [5.41, 5.74) is 0. The quantitative estimate of drug-likeness (QED) is 0.401. The van der Waals surface area contributed by atoms with Gasteiger partial charge in [0.25, 0.3) is 0 Å². The molecular formula is H4BBrO2. The van der Waals surface area contributed by atoms with Crippen LogP contribution >= 0.6 is 17.0 Å². The van der Waals surface area contributed by atoms with Crippen LogP contribution in [0, 0.1) is 0 Å². The van der Waals surface area contributed by atoms with Crippen molar-refractivity contribution in [2.45, 2.75) is 0 Å². The summed E-state index contributed by atoms with van der Waals surface area (Å²) in [7, 11) is -0.750. The Morgan fingerprint density at radius 1 is 1.25 bits per heavy atom. The van der Waals surface area contributed by atoms with Gasteiger partial charge >= 0.3 is 7.69 Å². The fraction of sp³-hybridized carbons (Fsp3) is 0. The molecule has 0 saturated heterocycles. The Kier molecular flexibility index (Phi) is 21.6. The molecule has 0 saturated carbocycles. The fourth-order valence-electron chi connectivity index (χ4n) is 0. The third kappa shape index (κ3) is 24.5. The highest BCUT2D eigenvalue weighted by atomic mass is 79.9. The molecule has 26 valence electrons. The minimum atomic E-state index is -0.750. The van der Waals surface area contributed by atoms with Crippen molar-refractivity contribution in [3.8, 4) is 0 Å². The van der Waals surface area contributed by atoms with Crippen LogP contribution in [0.5, 0.6) is 0 Å². The predicted molar refractivity (Wildman–Crippen MR) is 21.9 cm³/mol. The van der Waals surface area contributed by atoms with Gasteiger partial charge in [0.1, 0.15) is 0 Å². The predicted octanol–water partition coefficient (Wildman–Crippen LogP) is -1.18. The van der Waals surface area contributed by atoms with Crippen molar-refractivity contribution < 1.29 is 10.0 Å². The van der Waals surface area contributed by atoms with E-state index in [1.807, 2.05) is 0 Å². The van der Waals surface area contributed by atoms with Gasteiger partial charge in [0.05, 0.1) is 0 Å². The van der Waals surface area contributed by atoms with E-state index in [4.69, 9.17) is 10.0 Å². The normalized spacial score (nSPS) is 3.50. The second-order valence-corrected chi connectivity index (χ2v) is 0.141. The number of rotatable bonds is 0. The van der Waals surface area contributed by atoms with Crippen LogP contribution in [0.2, 0.25) is 0 Å². The molecule has 0 fully saturated rings. The highest BCUT2D eigenvalue weighted by molar-refractivity contribution is 8.93. The molecule has 0 heterocycles. The smallest absolute Gasteiger partial charge is 0.430 e. The molecule has 0 spiro atoms. The summed E-state index contributed by atoms with van der Waals surface area (Å²) in [5.74, 6) is 0. The second kappa shape index (κ2) is 9.81. The first-order chi connectivity index (χ1) is 1.41. The van der Waals surface area contributed by atoms with Crippen LogP contribution in [0.4, 0.5) is 0 Å². The first-order valence-electron chi connectivity index (χ1n) is 0.632. The summed E-state index contributed by atoms with van der Waals surface area (Å²) < 4.78 is 0. The van der Waals surface area contributed by atoms with Gasteiger partial charge in [-0.05, 0) is 0 Å². The molecular weight excluding hydrogens is 123 g/mol. The molecule has 0 aliphatic carbocycles. The van der Waals surface area contributed by atoms with Gasteiger partial charge in [0.15, 0.2) is 0 Å². The Bertz CT molecular complexity index is 6.00. The standard InChI is InChI=1S/BH3O2.BrH/c2-1-3;/h1-3H;1H. The molecule has 0 aromatic heterocycles. The van der Waals surface area contributed by atoms with Crippen molar-refractivity contribution in [1.29, 1.82) is 0 Å². The summed E-state index contributed by atoms with van der Waals surface area (Å²) in [4.78, 5) is 0. The summed E-state index contributed by atoms with van der Waals surface area (Å²) >= 11 is 0. The van der Waals surface area contributed by atoms with E-state index in [1.54, 1.807) is 0 Å². The molecule has 0 atom stereocenters. The molecule has 0 aromatic rings. The first-order valence-corrected chi connectivity index (χ1v) is 0.632. The average molecular weight is 127 g/mol. The fourth-order valence-corrected chi connectivity index (χ4v) is 0. The maximum Gasteiger partial charge on any atom is 0.432 e. The average Bonchev–Trinajstić information content (AvgIpc) is 0.918. The van der Waals surface area contributed by atoms with E-state index in [9.17, 15) is 0 Å². The molecule has 0 rings (SSSR count). The first kappa shape index (κ1) is 8.82. The second-order valence-electron chi connectivity index (χ2n) is 0.141. The molecule has 4 heteroatoms. The van der Waals surface area contributed by atoms with Crippen LogP contribution < -0.4 is 0 Å². The minimum Gasteiger partial charge on any atom is -0.430 e. The van der Waals surface area contributed by atoms with E-state index in [2.05, 4.69) is 0 Å². The molecule has 0 bridgehead atoms. The number of halogens is 1. The molecule has 0 aromatic carbocycles. The SMILES string of the molecule is Br.OBO. The highest BCUT2D eigenvalue weighted by Crippen LogP contribution is 1.08. The van der Waals surface area contributed by atoms with Crippen LogP contribution in [0.3, 0.4) is 0 Å². The zero-order valence-electron chi connectivity index (χ0n) is 2.01. The lowest BCUT2D eigenvalue weighted by Gasteiger charge is -1.48. The highest BCUT2D eigenvalue weighted by Gasteiger charge is 1.48. The third-order valence-electron chi connectivity index (χ3n) is 0. The van der Waals surface area contributed by atoms with Crippen molar-refractivity contribution in [3.05, 3.63) is 0 Å². The van der Waals surface area contributed by atoms with Gasteiger partial charge in [-0.15, -0.1) is 17.0 Å². The lowest BCUT2D eigenvalue weighted by atomic mass is 10.5. The van der Waals surface area contributed by atoms with Crippen molar-refractivity contribution >= 4 is 24.7 Å². The monoisotopic (exact) mass is 126 g/mol. The van der Waals surface area contributed by atoms with Crippen molar-refractivity contribution in [2.24, 2.45) is 0 Å². The molecule has 2 nitrogen and oxygen atoms in total. The van der Waals surface area contributed by atoms with Crippen LogP contribution in [0.25, 0.3) is 0 Å². The Hall–Kier alpha value is 0.465. The van der Waals surface area contributed by atoms with Gasteiger partial charge in [-0.2, -0.15) is 0 Å². The van der Waals surface area contributed by atoms with Gasteiger partial charge in [-0.1, -0.05) is 0 Å². The van der Waals surface area contributed by atoms with E-state index in [1.165, 1.54) is 0 Å². The van der Waals surface area contributed by atoms with E-state index < -0.39 is 7.69 Å². The molecule has 0 aliphatic rings. The van der Waals surface area contributed by atoms with E-state index >= 15 is 0 Å². The van der Waals surface area contributed by atoms with Gasteiger partial charge in [0.2, 0.25) is 0 Å². The van der Waals surface area contributed by atoms with E-state index in [0.29, 0.717) is 0 Å². The third-order valence-corrected chi connectivity index (χ3v) is 0. The van der Waals surface area contributed by atoms with Crippen LogP contribution in [-0.4, -0.2) is 17.7 Å². The zero-order chi connectivity index (χ0) is 2.71. The van der Waals surface area contributed by atoms with Crippen molar-refractivity contribution in [1.82, 2.24) is 0 Å². The summed E-state index contributed by atoms with van der Waals surface area (Å²) in [6, 6.07) is 0. The zero-order valence-corrected chi connectivity index (χ0v) is 3.72. The largest absolute Gasteiger partial charge is 0.432 e. The molecule has 0 unspecified atom stereocenters. The van der Waals surface area contributed by atoms with Crippen molar-refractivity contribution in [2.75, 3.05) is 0 Å². The lowest BCUT2D eigenvalue weighted by molar-refractivity contribution is 0.448. The van der Waals surface area contributed by atoms with Gasteiger partial charge < -0.3 is 10.0 Å². The Morgan fingerprint density at radius 3 is 1.25 bits per heavy atom. The Labute approximate surface area is 35.5 Å². The van der Waals surface area contributed by atoms with Crippen LogP contribution in [0.15, 0.2) is 0 Å². The Morgan fingerprint density at radius 2 is 1.25 bits per heavy atom. The lowest BCUT2D eigenvalue weighted by Crippen LogP contribution is -1.75. The van der Waals surface area contributed by atoms with Crippen molar-refractivity contribution in [3.63, 3.8) is 0 Å². The maximum atomic E-state index is 7.12. The van der Waals surface area contributed by atoms with Crippen LogP contribution in [0.1, 0.15) is 0 Å². The van der Waals surface area contributed by atoms with Gasteiger partial charge in [-0.3, -0.25) is 0 Å².